The molecule has 1 aliphatic heterocycles. The molecule has 3 unspecified atom stereocenters. The van der Waals surface area contributed by atoms with E-state index in [1.165, 1.54) is 48.1 Å². The Hall–Kier alpha value is -3.32. The zero-order valence-electron chi connectivity index (χ0n) is 22.5. The van der Waals surface area contributed by atoms with Gasteiger partial charge in [-0.2, -0.15) is 5.26 Å². The van der Waals surface area contributed by atoms with Crippen molar-refractivity contribution in [1.29, 1.82) is 5.26 Å². The van der Waals surface area contributed by atoms with Crippen LogP contribution in [0.4, 0.5) is 5.69 Å². The van der Waals surface area contributed by atoms with Crippen molar-refractivity contribution >= 4 is 17.9 Å². The molecule has 2 fully saturated rings. The summed E-state index contributed by atoms with van der Waals surface area (Å²) in [6, 6.07) is 9.05. The SMILES string of the molecule is CC(C)(O)c1ccc(N(C(=O)C2CC(O)CN2C#N)C(C=O)c2cccnc2)cc1.CNC1CCCCC1. The maximum atomic E-state index is 13.5. The Labute approximate surface area is 225 Å². The Bertz CT molecular complexity index is 1070. The molecule has 1 saturated carbocycles. The highest BCUT2D eigenvalue weighted by Crippen LogP contribution is 2.31. The van der Waals surface area contributed by atoms with Crippen LogP contribution < -0.4 is 10.2 Å². The summed E-state index contributed by atoms with van der Waals surface area (Å²) in [6.45, 7) is 3.37. The average Bonchev–Trinajstić information content (AvgIpc) is 3.33. The van der Waals surface area contributed by atoms with Crippen molar-refractivity contribution < 1.29 is 19.8 Å². The number of nitrogens with one attached hydrogen (secondary N) is 1. The van der Waals surface area contributed by atoms with Crippen molar-refractivity contribution in [3.05, 3.63) is 59.9 Å². The lowest BCUT2D eigenvalue weighted by atomic mass is 9.96. The molecule has 0 radical (unpaired) electrons. The Balaban J connectivity index is 0.000000427. The van der Waals surface area contributed by atoms with Gasteiger partial charge in [-0.3, -0.25) is 19.6 Å². The highest BCUT2D eigenvalue weighted by molar-refractivity contribution is 6.01. The number of carbonyl (C=O) groups is 2. The monoisotopic (exact) mass is 521 g/mol. The number of likely N-dealkylation sites (tertiary alicyclic amines) is 1. The summed E-state index contributed by atoms with van der Waals surface area (Å²) in [7, 11) is 2.07. The first-order valence-electron chi connectivity index (χ1n) is 13.2. The number of amides is 1. The van der Waals surface area contributed by atoms with Crippen molar-refractivity contribution in [2.24, 2.45) is 0 Å². The van der Waals surface area contributed by atoms with Crippen LogP contribution in [0.1, 0.15) is 69.5 Å². The third-order valence-corrected chi connectivity index (χ3v) is 7.23. The van der Waals surface area contributed by atoms with Crippen LogP contribution >= 0.6 is 0 Å². The van der Waals surface area contributed by atoms with E-state index in [0.29, 0.717) is 23.1 Å². The zero-order chi connectivity index (χ0) is 27.7. The maximum Gasteiger partial charge on any atom is 0.251 e. The molecule has 9 heteroatoms. The largest absolute Gasteiger partial charge is 0.391 e. The molecule has 2 heterocycles. The molecule has 0 bridgehead atoms. The van der Waals surface area contributed by atoms with Crippen molar-refractivity contribution in [3.8, 4) is 6.19 Å². The van der Waals surface area contributed by atoms with Crippen LogP contribution in [0, 0.1) is 11.5 Å². The number of aliphatic hydroxyl groups excluding tert-OH is 1. The van der Waals surface area contributed by atoms with E-state index >= 15 is 0 Å². The van der Waals surface area contributed by atoms with Crippen LogP contribution in [-0.4, -0.2) is 64.1 Å². The lowest BCUT2D eigenvalue weighted by molar-refractivity contribution is -0.124. The number of aldehydes is 1. The van der Waals surface area contributed by atoms with Gasteiger partial charge in [0.05, 0.1) is 18.2 Å². The van der Waals surface area contributed by atoms with Gasteiger partial charge in [-0.15, -0.1) is 0 Å². The summed E-state index contributed by atoms with van der Waals surface area (Å²) < 4.78 is 0. The smallest absolute Gasteiger partial charge is 0.251 e. The number of benzene rings is 1. The highest BCUT2D eigenvalue weighted by Gasteiger charge is 2.40. The van der Waals surface area contributed by atoms with Crippen molar-refractivity contribution in [2.45, 2.75) is 82.2 Å². The summed E-state index contributed by atoms with van der Waals surface area (Å²) >= 11 is 0. The fourth-order valence-corrected chi connectivity index (χ4v) is 5.00. The molecule has 3 N–H and O–H groups in total. The number of hydrogen-bond acceptors (Lipinski definition) is 8. The van der Waals surface area contributed by atoms with E-state index in [-0.39, 0.29) is 13.0 Å². The molecule has 2 aromatic rings. The lowest BCUT2D eigenvalue weighted by Crippen LogP contribution is -2.46. The third kappa shape index (κ3) is 7.38. The minimum atomic E-state index is -1.06. The van der Waals surface area contributed by atoms with Gasteiger partial charge in [0.15, 0.2) is 6.19 Å². The lowest BCUT2D eigenvalue weighted by Gasteiger charge is -2.32. The van der Waals surface area contributed by atoms with Crippen LogP contribution in [0.25, 0.3) is 0 Å². The molecule has 1 aliphatic carbocycles. The predicted molar refractivity (Wildman–Crippen MR) is 145 cm³/mol. The number of aromatic nitrogens is 1. The number of rotatable bonds is 7. The summed E-state index contributed by atoms with van der Waals surface area (Å²) in [5.41, 5.74) is 0.550. The number of aliphatic hydroxyl groups is 2. The van der Waals surface area contributed by atoms with Crippen LogP contribution in [0.3, 0.4) is 0 Å². The molecule has 0 spiro atoms. The second-order valence-corrected chi connectivity index (χ2v) is 10.5. The van der Waals surface area contributed by atoms with Crippen molar-refractivity contribution in [2.75, 3.05) is 18.5 Å². The van der Waals surface area contributed by atoms with E-state index in [0.717, 1.165) is 6.04 Å². The molecule has 3 atom stereocenters. The molecule has 1 amide bonds. The van der Waals surface area contributed by atoms with Crippen LogP contribution in [-0.2, 0) is 15.2 Å². The van der Waals surface area contributed by atoms with Gasteiger partial charge >= 0.3 is 0 Å². The van der Waals surface area contributed by atoms with Crippen molar-refractivity contribution in [1.82, 2.24) is 15.2 Å². The first-order valence-corrected chi connectivity index (χ1v) is 13.2. The summed E-state index contributed by atoms with van der Waals surface area (Å²) in [6.07, 6.45) is 12.1. The van der Waals surface area contributed by atoms with Gasteiger partial charge in [0.25, 0.3) is 5.91 Å². The fraction of sp³-hybridized carbons (Fsp3) is 0.517. The maximum absolute atomic E-state index is 13.5. The Morgan fingerprint density at radius 1 is 1.24 bits per heavy atom. The normalized spacial score (nSPS) is 20.6. The van der Waals surface area contributed by atoms with E-state index in [1.54, 1.807) is 56.4 Å². The average molecular weight is 522 g/mol. The van der Waals surface area contributed by atoms with Crippen LogP contribution in [0.5, 0.6) is 0 Å². The number of β-amino-alcohol motifs (C(OH)–C–C–N with tert-alkyl or cyclic N) is 1. The van der Waals surface area contributed by atoms with Crippen LogP contribution in [0.15, 0.2) is 48.8 Å². The van der Waals surface area contributed by atoms with E-state index in [4.69, 9.17) is 0 Å². The molecule has 38 heavy (non-hydrogen) atoms. The summed E-state index contributed by atoms with van der Waals surface area (Å²) in [5.74, 6) is -0.468. The molecular weight excluding hydrogens is 482 g/mol. The van der Waals surface area contributed by atoms with E-state index in [1.807, 2.05) is 6.19 Å². The summed E-state index contributed by atoms with van der Waals surface area (Å²) in [4.78, 5) is 32.2. The molecule has 204 valence electrons. The van der Waals surface area contributed by atoms with E-state index < -0.39 is 29.7 Å². The van der Waals surface area contributed by atoms with Gasteiger partial charge < -0.3 is 20.3 Å². The minimum absolute atomic E-state index is 0.0665. The zero-order valence-corrected chi connectivity index (χ0v) is 22.5. The number of nitrogens with zero attached hydrogens (tertiary/aromatic N) is 4. The Kier molecular flexibility index (Phi) is 10.4. The second-order valence-electron chi connectivity index (χ2n) is 10.5. The number of nitriles is 1. The first kappa shape index (κ1) is 29.2. The molecular formula is C29H39N5O4. The molecule has 1 aromatic heterocycles. The molecule has 2 aliphatic rings. The first-order chi connectivity index (χ1) is 18.2. The molecule has 1 aromatic carbocycles. The topological polar surface area (TPSA) is 130 Å². The number of anilines is 1. The Morgan fingerprint density at radius 2 is 1.92 bits per heavy atom. The predicted octanol–water partition coefficient (Wildman–Crippen LogP) is 3.04. The van der Waals surface area contributed by atoms with Gasteiger partial charge in [-0.25, -0.2) is 0 Å². The van der Waals surface area contributed by atoms with Gasteiger partial charge in [0.2, 0.25) is 0 Å². The van der Waals surface area contributed by atoms with E-state index in [9.17, 15) is 25.1 Å². The van der Waals surface area contributed by atoms with Crippen LogP contribution in [0.2, 0.25) is 0 Å². The molecule has 9 nitrogen and oxygen atoms in total. The van der Waals surface area contributed by atoms with Gasteiger partial charge in [0, 0.05) is 36.1 Å². The number of hydrogen-bond donors (Lipinski definition) is 3. The number of carbonyl (C=O) groups excluding carboxylic acids is 2. The standard InChI is InChI=1S/C22H24N4O4.C7H15N/c1-22(2,30)16-5-7-17(8-6-16)26(20(13-27)15-4-3-9-24-11-15)21(29)19-10-18(28)12-25(19)14-23;1-8-7-5-3-2-4-6-7/h3-9,11,13,18-20,28,30H,10,12H2,1-2H3;7-8H,2-6H2,1H3. The Morgan fingerprint density at radius 3 is 2.42 bits per heavy atom. The van der Waals surface area contributed by atoms with Crippen molar-refractivity contribution in [3.63, 3.8) is 0 Å². The van der Waals surface area contributed by atoms with E-state index in [2.05, 4.69) is 17.3 Å². The van der Waals surface area contributed by atoms with Gasteiger partial charge in [-0.1, -0.05) is 37.5 Å². The highest BCUT2D eigenvalue weighted by atomic mass is 16.3. The summed E-state index contributed by atoms with van der Waals surface area (Å²) in [5, 5.41) is 32.9. The molecule has 1 saturated heterocycles. The van der Waals surface area contributed by atoms with Gasteiger partial charge in [-0.05, 0) is 57.5 Å². The second kappa shape index (κ2) is 13.5. The van der Waals surface area contributed by atoms with Gasteiger partial charge in [0.1, 0.15) is 18.4 Å². The third-order valence-electron chi connectivity index (χ3n) is 7.23. The fourth-order valence-electron chi connectivity index (χ4n) is 5.00. The molecule has 4 rings (SSSR count). The minimum Gasteiger partial charge on any atom is -0.391 e. The quantitative estimate of drug-likeness (QED) is 0.375. The number of pyridine rings is 1.